The van der Waals surface area contributed by atoms with Crippen molar-refractivity contribution in [3.8, 4) is 0 Å². The van der Waals surface area contributed by atoms with Gasteiger partial charge in [0.1, 0.15) is 5.76 Å². The average molecular weight is 212 g/mol. The predicted molar refractivity (Wildman–Crippen MR) is 58.4 cm³/mol. The average Bonchev–Trinajstić information content (AvgIpc) is 2.86. The van der Waals surface area contributed by atoms with E-state index in [2.05, 4.69) is 17.2 Å². The van der Waals surface area contributed by atoms with Crippen molar-refractivity contribution >= 4 is 11.8 Å². The van der Waals surface area contributed by atoms with Crippen molar-refractivity contribution < 1.29 is 4.42 Å². The fraction of sp³-hybridized carbons (Fsp3) is 0.700. The normalized spacial score (nSPS) is 24.0. The van der Waals surface area contributed by atoms with Crippen molar-refractivity contribution in [3.05, 3.63) is 17.8 Å². The smallest absolute Gasteiger partial charge is 0.207 e. The molecule has 2 heterocycles. The Bertz CT molecular complexity index is 294. The van der Waals surface area contributed by atoms with Gasteiger partial charge in [-0.2, -0.15) is 0 Å². The molecule has 2 atom stereocenters. The number of rotatable bonds is 3. The van der Waals surface area contributed by atoms with Gasteiger partial charge in [-0.1, -0.05) is 0 Å². The van der Waals surface area contributed by atoms with Gasteiger partial charge in [-0.3, -0.25) is 0 Å². The fourth-order valence-corrected chi connectivity index (χ4v) is 2.77. The third-order valence-electron chi connectivity index (χ3n) is 2.61. The molecule has 1 N–H and O–H groups in total. The van der Waals surface area contributed by atoms with Gasteiger partial charge in [-0.05, 0) is 32.6 Å². The summed E-state index contributed by atoms with van der Waals surface area (Å²) in [7, 11) is 1.93. The Morgan fingerprint density at radius 1 is 1.71 bits per heavy atom. The number of thioether (sulfide) groups is 1. The Kier molecular flexibility index (Phi) is 3.13. The van der Waals surface area contributed by atoms with Crippen LogP contribution in [0, 0.1) is 0 Å². The second-order valence-corrected chi connectivity index (χ2v) is 4.92. The zero-order valence-electron chi connectivity index (χ0n) is 8.62. The van der Waals surface area contributed by atoms with Crippen LogP contribution in [0.4, 0.5) is 0 Å². The number of aromatic nitrogens is 1. The van der Waals surface area contributed by atoms with Gasteiger partial charge in [-0.15, -0.1) is 11.8 Å². The first kappa shape index (κ1) is 10.1. The molecule has 3 nitrogen and oxygen atoms in total. The Hall–Kier alpha value is -0.480. The van der Waals surface area contributed by atoms with E-state index in [9.17, 15) is 0 Å². The van der Waals surface area contributed by atoms with Crippen LogP contribution in [0.2, 0.25) is 0 Å². The maximum absolute atomic E-state index is 5.73. The lowest BCUT2D eigenvalue weighted by Gasteiger charge is -2.05. The van der Waals surface area contributed by atoms with Gasteiger partial charge < -0.3 is 9.73 Å². The molecule has 0 aromatic carbocycles. The van der Waals surface area contributed by atoms with E-state index < -0.39 is 0 Å². The molecular formula is C10H16N2OS. The molecule has 1 aromatic heterocycles. The molecule has 0 aliphatic carbocycles. The summed E-state index contributed by atoms with van der Waals surface area (Å²) in [6.07, 6.45) is 4.34. The van der Waals surface area contributed by atoms with Crippen molar-refractivity contribution in [1.82, 2.24) is 10.3 Å². The lowest BCUT2D eigenvalue weighted by atomic mass is 10.2. The molecule has 2 unspecified atom stereocenters. The molecule has 1 aromatic rings. The molecule has 4 heteroatoms. The van der Waals surface area contributed by atoms with E-state index in [4.69, 9.17) is 4.42 Å². The van der Waals surface area contributed by atoms with Crippen LogP contribution in [-0.2, 0) is 0 Å². The summed E-state index contributed by atoms with van der Waals surface area (Å²) in [5.74, 6) is 3.09. The molecule has 1 aliphatic heterocycles. The standard InChI is InChI=1S/C10H16N2OS/c1-7(11-2)8-6-12-10(13-8)9-4-3-5-14-9/h6-7,9,11H,3-5H2,1-2H3. The van der Waals surface area contributed by atoms with E-state index in [1.807, 2.05) is 25.0 Å². The van der Waals surface area contributed by atoms with E-state index >= 15 is 0 Å². The first-order valence-electron chi connectivity index (χ1n) is 5.05. The largest absolute Gasteiger partial charge is 0.443 e. The van der Waals surface area contributed by atoms with Crippen LogP contribution in [-0.4, -0.2) is 17.8 Å². The lowest BCUT2D eigenvalue weighted by molar-refractivity contribution is 0.410. The Labute approximate surface area is 88.7 Å². The molecule has 0 radical (unpaired) electrons. The maximum Gasteiger partial charge on any atom is 0.207 e. The molecule has 0 amide bonds. The van der Waals surface area contributed by atoms with E-state index in [0.29, 0.717) is 5.25 Å². The van der Waals surface area contributed by atoms with Crippen molar-refractivity contribution in [3.63, 3.8) is 0 Å². The summed E-state index contributed by atoms with van der Waals surface area (Å²) in [6, 6.07) is 0.252. The van der Waals surface area contributed by atoms with Crippen LogP contribution < -0.4 is 5.32 Å². The molecule has 0 saturated carbocycles. The molecule has 78 valence electrons. The summed E-state index contributed by atoms with van der Waals surface area (Å²) < 4.78 is 5.73. The van der Waals surface area contributed by atoms with Gasteiger partial charge in [0.25, 0.3) is 0 Å². The first-order valence-corrected chi connectivity index (χ1v) is 6.10. The zero-order chi connectivity index (χ0) is 9.97. The molecule has 0 bridgehead atoms. The number of hydrogen-bond acceptors (Lipinski definition) is 4. The molecule has 0 spiro atoms. The molecule has 2 rings (SSSR count). The minimum Gasteiger partial charge on any atom is -0.443 e. The third kappa shape index (κ3) is 1.96. The van der Waals surface area contributed by atoms with Gasteiger partial charge in [0.05, 0.1) is 17.5 Å². The Morgan fingerprint density at radius 2 is 2.57 bits per heavy atom. The zero-order valence-corrected chi connectivity index (χ0v) is 9.43. The summed E-state index contributed by atoms with van der Waals surface area (Å²) >= 11 is 1.95. The second kappa shape index (κ2) is 4.36. The molecule has 1 fully saturated rings. The number of oxazole rings is 1. The number of nitrogens with zero attached hydrogens (tertiary/aromatic N) is 1. The molecular weight excluding hydrogens is 196 g/mol. The highest BCUT2D eigenvalue weighted by Gasteiger charge is 2.23. The predicted octanol–water partition coefficient (Wildman–Crippen LogP) is 2.52. The second-order valence-electron chi connectivity index (χ2n) is 3.61. The van der Waals surface area contributed by atoms with Crippen molar-refractivity contribution in [2.45, 2.75) is 31.1 Å². The number of nitrogens with one attached hydrogen (secondary N) is 1. The summed E-state index contributed by atoms with van der Waals surface area (Å²) in [5, 5.41) is 3.64. The van der Waals surface area contributed by atoms with Crippen LogP contribution >= 0.6 is 11.8 Å². The fourth-order valence-electron chi connectivity index (χ4n) is 1.56. The molecule has 14 heavy (non-hydrogen) atoms. The highest BCUT2D eigenvalue weighted by molar-refractivity contribution is 7.99. The van der Waals surface area contributed by atoms with Crippen LogP contribution in [0.25, 0.3) is 0 Å². The van der Waals surface area contributed by atoms with Gasteiger partial charge in [0.2, 0.25) is 5.89 Å². The highest BCUT2D eigenvalue weighted by atomic mass is 32.2. The van der Waals surface area contributed by atoms with E-state index in [-0.39, 0.29) is 6.04 Å². The SMILES string of the molecule is CNC(C)c1cnc(C2CCCS2)o1. The highest BCUT2D eigenvalue weighted by Crippen LogP contribution is 2.39. The number of hydrogen-bond donors (Lipinski definition) is 1. The van der Waals surface area contributed by atoms with Crippen molar-refractivity contribution in [2.75, 3.05) is 12.8 Å². The topological polar surface area (TPSA) is 38.1 Å². The van der Waals surface area contributed by atoms with Gasteiger partial charge in [0, 0.05) is 0 Å². The van der Waals surface area contributed by atoms with Crippen molar-refractivity contribution in [1.29, 1.82) is 0 Å². The van der Waals surface area contributed by atoms with Gasteiger partial charge >= 0.3 is 0 Å². The minimum absolute atomic E-state index is 0.252. The van der Waals surface area contributed by atoms with E-state index in [1.54, 1.807) is 0 Å². The van der Waals surface area contributed by atoms with Crippen LogP contribution in [0.15, 0.2) is 10.6 Å². The minimum atomic E-state index is 0.252. The first-order chi connectivity index (χ1) is 6.81. The van der Waals surface area contributed by atoms with Gasteiger partial charge in [0.15, 0.2) is 0 Å². The quantitative estimate of drug-likeness (QED) is 0.835. The monoisotopic (exact) mass is 212 g/mol. The summed E-state index contributed by atoms with van der Waals surface area (Å²) in [5.41, 5.74) is 0. The van der Waals surface area contributed by atoms with Crippen LogP contribution in [0.5, 0.6) is 0 Å². The Morgan fingerprint density at radius 3 is 3.21 bits per heavy atom. The van der Waals surface area contributed by atoms with Crippen LogP contribution in [0.3, 0.4) is 0 Å². The molecule has 1 aliphatic rings. The van der Waals surface area contributed by atoms with Crippen LogP contribution in [0.1, 0.15) is 42.7 Å². The summed E-state index contributed by atoms with van der Waals surface area (Å²) in [4.78, 5) is 4.34. The van der Waals surface area contributed by atoms with E-state index in [0.717, 1.165) is 11.7 Å². The third-order valence-corrected chi connectivity index (χ3v) is 3.97. The lowest BCUT2D eigenvalue weighted by Crippen LogP contribution is -2.11. The van der Waals surface area contributed by atoms with Gasteiger partial charge in [-0.25, -0.2) is 4.98 Å². The summed E-state index contributed by atoms with van der Waals surface area (Å²) in [6.45, 7) is 2.08. The Balaban J connectivity index is 2.08. The molecule has 1 saturated heterocycles. The van der Waals surface area contributed by atoms with Crippen molar-refractivity contribution in [2.24, 2.45) is 0 Å². The maximum atomic E-state index is 5.73. The van der Waals surface area contributed by atoms with E-state index in [1.165, 1.54) is 18.6 Å².